The predicted molar refractivity (Wildman–Crippen MR) is 110 cm³/mol. The molecule has 4 aromatic rings. The summed E-state index contributed by atoms with van der Waals surface area (Å²) in [6.45, 7) is 4.61. The molecule has 0 amide bonds. The molecular formula is C23H20N2O3. The van der Waals surface area contributed by atoms with Crippen LogP contribution in [0.1, 0.15) is 33.0 Å². The lowest BCUT2D eigenvalue weighted by molar-refractivity contribution is 0.0660. The van der Waals surface area contributed by atoms with E-state index in [-0.39, 0.29) is 5.76 Å². The van der Waals surface area contributed by atoms with Crippen molar-refractivity contribution in [2.24, 2.45) is 4.99 Å². The van der Waals surface area contributed by atoms with Crippen LogP contribution in [-0.2, 0) is 6.54 Å². The van der Waals surface area contributed by atoms with Crippen molar-refractivity contribution < 1.29 is 14.3 Å². The van der Waals surface area contributed by atoms with Crippen molar-refractivity contribution in [2.45, 2.75) is 20.4 Å². The van der Waals surface area contributed by atoms with Gasteiger partial charge in [0.15, 0.2) is 0 Å². The van der Waals surface area contributed by atoms with Crippen LogP contribution in [0.25, 0.3) is 10.9 Å². The quantitative estimate of drug-likeness (QED) is 0.480. The Morgan fingerprint density at radius 1 is 1.11 bits per heavy atom. The third-order valence-electron chi connectivity index (χ3n) is 4.86. The summed E-state index contributed by atoms with van der Waals surface area (Å²) in [4.78, 5) is 15.7. The summed E-state index contributed by atoms with van der Waals surface area (Å²) < 4.78 is 7.45. The van der Waals surface area contributed by atoms with Gasteiger partial charge >= 0.3 is 5.97 Å². The fourth-order valence-electron chi connectivity index (χ4n) is 3.20. The van der Waals surface area contributed by atoms with E-state index in [1.165, 1.54) is 17.2 Å². The number of aromatic carboxylic acids is 1. The first kappa shape index (κ1) is 17.8. The number of para-hydroxylation sites is 1. The van der Waals surface area contributed by atoms with Crippen LogP contribution < -0.4 is 0 Å². The minimum atomic E-state index is -1.06. The first-order chi connectivity index (χ1) is 13.5. The van der Waals surface area contributed by atoms with Crippen molar-refractivity contribution in [3.63, 3.8) is 0 Å². The minimum absolute atomic E-state index is 0.0528. The standard InChI is InChI=1S/C23H20N2O3/c1-15-7-8-18(11-16(15)2)24-12-17-13-25(21-6-4-3-5-20(17)21)14-19-9-10-22(28-19)23(26)27/h3-13H,14H2,1-2H3,(H,26,27). The molecule has 5 nitrogen and oxygen atoms in total. The third-order valence-corrected chi connectivity index (χ3v) is 4.86. The molecule has 0 bridgehead atoms. The van der Waals surface area contributed by atoms with Gasteiger partial charge in [0, 0.05) is 28.9 Å². The van der Waals surface area contributed by atoms with Crippen LogP contribution in [0.3, 0.4) is 0 Å². The van der Waals surface area contributed by atoms with Gasteiger partial charge in [0.25, 0.3) is 0 Å². The number of carboxylic acids is 1. The number of aliphatic imine (C=N–C) groups is 1. The van der Waals surface area contributed by atoms with Crippen molar-refractivity contribution in [3.05, 3.63) is 89.0 Å². The molecule has 2 aromatic carbocycles. The summed E-state index contributed by atoms with van der Waals surface area (Å²) in [6, 6.07) is 17.4. The van der Waals surface area contributed by atoms with Gasteiger partial charge < -0.3 is 14.1 Å². The number of hydrogen-bond donors (Lipinski definition) is 1. The average Bonchev–Trinajstić information content (AvgIpc) is 3.29. The second-order valence-electron chi connectivity index (χ2n) is 6.83. The van der Waals surface area contributed by atoms with E-state index in [4.69, 9.17) is 9.52 Å². The second kappa shape index (κ2) is 7.19. The number of fused-ring (bicyclic) bond motifs is 1. The molecule has 0 aliphatic rings. The van der Waals surface area contributed by atoms with Gasteiger partial charge in [-0.3, -0.25) is 4.99 Å². The number of furan rings is 1. The molecule has 2 aromatic heterocycles. The Kier molecular flexibility index (Phi) is 4.57. The van der Waals surface area contributed by atoms with Gasteiger partial charge in [0.1, 0.15) is 5.76 Å². The Balaban J connectivity index is 1.68. The highest BCUT2D eigenvalue weighted by atomic mass is 16.4. The number of carboxylic acid groups (broad SMARTS) is 1. The summed E-state index contributed by atoms with van der Waals surface area (Å²) >= 11 is 0. The number of aryl methyl sites for hydroxylation is 2. The second-order valence-corrected chi connectivity index (χ2v) is 6.83. The molecule has 0 fully saturated rings. The number of nitrogens with zero attached hydrogens (tertiary/aromatic N) is 2. The van der Waals surface area contributed by atoms with Crippen LogP contribution >= 0.6 is 0 Å². The number of carbonyl (C=O) groups is 1. The van der Waals surface area contributed by atoms with Gasteiger partial charge in [-0.05, 0) is 55.3 Å². The Hall–Kier alpha value is -3.60. The molecule has 0 radical (unpaired) electrons. The number of hydrogen-bond acceptors (Lipinski definition) is 3. The van der Waals surface area contributed by atoms with Crippen molar-refractivity contribution in [1.82, 2.24) is 4.57 Å². The summed E-state index contributed by atoms with van der Waals surface area (Å²) in [6.07, 6.45) is 3.88. The number of aromatic nitrogens is 1. The third kappa shape index (κ3) is 3.47. The van der Waals surface area contributed by atoms with Gasteiger partial charge in [-0.1, -0.05) is 24.3 Å². The first-order valence-electron chi connectivity index (χ1n) is 9.02. The van der Waals surface area contributed by atoms with Crippen LogP contribution in [0, 0.1) is 13.8 Å². The van der Waals surface area contributed by atoms with E-state index in [0.29, 0.717) is 12.3 Å². The Morgan fingerprint density at radius 3 is 2.68 bits per heavy atom. The molecule has 0 spiro atoms. The van der Waals surface area contributed by atoms with Crippen LogP contribution in [0.4, 0.5) is 5.69 Å². The molecule has 0 aliphatic heterocycles. The fraction of sp³-hybridized carbons (Fsp3) is 0.130. The molecule has 1 N–H and O–H groups in total. The summed E-state index contributed by atoms with van der Waals surface area (Å²) in [7, 11) is 0. The van der Waals surface area contributed by atoms with E-state index in [0.717, 1.165) is 22.2 Å². The highest BCUT2D eigenvalue weighted by molar-refractivity contribution is 6.00. The SMILES string of the molecule is Cc1ccc(N=Cc2cn(Cc3ccc(C(=O)O)o3)c3ccccc23)cc1C. The van der Waals surface area contributed by atoms with Gasteiger partial charge in [-0.25, -0.2) is 4.79 Å². The van der Waals surface area contributed by atoms with Crippen molar-refractivity contribution in [1.29, 1.82) is 0 Å². The topological polar surface area (TPSA) is 67.7 Å². The highest BCUT2D eigenvalue weighted by Gasteiger charge is 2.12. The summed E-state index contributed by atoms with van der Waals surface area (Å²) in [5, 5.41) is 10.1. The molecule has 0 atom stereocenters. The van der Waals surface area contributed by atoms with Crippen molar-refractivity contribution in [2.75, 3.05) is 0 Å². The Morgan fingerprint density at radius 2 is 1.93 bits per heavy atom. The smallest absolute Gasteiger partial charge is 0.371 e. The number of benzene rings is 2. The molecule has 28 heavy (non-hydrogen) atoms. The molecule has 0 saturated carbocycles. The number of rotatable bonds is 5. The van der Waals surface area contributed by atoms with E-state index in [2.05, 4.69) is 37.0 Å². The van der Waals surface area contributed by atoms with Crippen LogP contribution in [0.15, 0.2) is 70.2 Å². The van der Waals surface area contributed by atoms with E-state index in [1.54, 1.807) is 6.07 Å². The maximum atomic E-state index is 11.0. The summed E-state index contributed by atoms with van der Waals surface area (Å²) in [5.74, 6) is -0.524. The van der Waals surface area contributed by atoms with Crippen LogP contribution in [0.2, 0.25) is 0 Å². The lowest BCUT2D eigenvalue weighted by Gasteiger charge is -2.02. The fourth-order valence-corrected chi connectivity index (χ4v) is 3.20. The zero-order valence-electron chi connectivity index (χ0n) is 15.7. The monoisotopic (exact) mass is 372 g/mol. The Bertz CT molecular complexity index is 1200. The van der Waals surface area contributed by atoms with Crippen LogP contribution in [-0.4, -0.2) is 21.9 Å². The van der Waals surface area contributed by atoms with Gasteiger partial charge in [-0.15, -0.1) is 0 Å². The minimum Gasteiger partial charge on any atom is -0.475 e. The lowest BCUT2D eigenvalue weighted by Crippen LogP contribution is -1.97. The zero-order chi connectivity index (χ0) is 19.7. The van der Waals surface area contributed by atoms with Crippen molar-refractivity contribution in [3.8, 4) is 0 Å². The average molecular weight is 372 g/mol. The molecule has 2 heterocycles. The molecule has 0 aliphatic carbocycles. The first-order valence-corrected chi connectivity index (χ1v) is 9.02. The molecular weight excluding hydrogens is 352 g/mol. The van der Waals surface area contributed by atoms with Crippen LogP contribution in [0.5, 0.6) is 0 Å². The molecule has 5 heteroatoms. The molecule has 0 unspecified atom stereocenters. The predicted octanol–water partition coefficient (Wildman–Crippen LogP) is 5.35. The largest absolute Gasteiger partial charge is 0.475 e. The summed E-state index contributed by atoms with van der Waals surface area (Å²) in [5.41, 5.74) is 5.41. The molecule has 140 valence electrons. The van der Waals surface area contributed by atoms with Gasteiger partial charge in [-0.2, -0.15) is 0 Å². The van der Waals surface area contributed by atoms with E-state index in [9.17, 15) is 4.79 Å². The van der Waals surface area contributed by atoms with E-state index in [1.807, 2.05) is 41.2 Å². The van der Waals surface area contributed by atoms with E-state index >= 15 is 0 Å². The maximum Gasteiger partial charge on any atom is 0.371 e. The highest BCUT2D eigenvalue weighted by Crippen LogP contribution is 2.23. The lowest BCUT2D eigenvalue weighted by atomic mass is 10.1. The normalized spacial score (nSPS) is 11.5. The van der Waals surface area contributed by atoms with Gasteiger partial charge in [0.05, 0.1) is 12.2 Å². The van der Waals surface area contributed by atoms with E-state index < -0.39 is 5.97 Å². The van der Waals surface area contributed by atoms with Gasteiger partial charge in [0.2, 0.25) is 5.76 Å². The molecule has 4 rings (SSSR count). The molecule has 0 saturated heterocycles. The Labute approximate surface area is 162 Å². The zero-order valence-corrected chi connectivity index (χ0v) is 15.7. The maximum absolute atomic E-state index is 11.0. The van der Waals surface area contributed by atoms with Crippen molar-refractivity contribution >= 4 is 28.8 Å².